The van der Waals surface area contributed by atoms with Crippen LogP contribution in [0.3, 0.4) is 0 Å². The average Bonchev–Trinajstić information content (AvgIpc) is 3.61. The zero-order chi connectivity index (χ0) is 24.2. The standard InChI is InChI=1S/C26H34N6O3.ClH/c1-33-22-17-19(18-23(34-2)25(22)35-3)24(26-27-28-29-32(26)21-11-7-8-12-21)31-15-13-30(14-16-31)20-9-5-4-6-10-20;/h4-6,9-10,17-18,21,24H,7-8,11-16H2,1-3H3;1H. The molecule has 9 nitrogen and oxygen atoms in total. The molecule has 0 spiro atoms. The number of halogens is 1. The van der Waals surface area contributed by atoms with Gasteiger partial charge in [0.25, 0.3) is 0 Å². The molecule has 36 heavy (non-hydrogen) atoms. The van der Waals surface area contributed by atoms with Crippen molar-refractivity contribution in [2.24, 2.45) is 0 Å². The van der Waals surface area contributed by atoms with Crippen LogP contribution in [0.25, 0.3) is 0 Å². The van der Waals surface area contributed by atoms with Gasteiger partial charge in [0.05, 0.1) is 33.4 Å². The first-order valence-corrected chi connectivity index (χ1v) is 12.3. The molecule has 0 bridgehead atoms. The highest BCUT2D eigenvalue weighted by atomic mass is 35.5. The summed E-state index contributed by atoms with van der Waals surface area (Å²) >= 11 is 0. The van der Waals surface area contributed by atoms with Crippen LogP contribution >= 0.6 is 12.4 Å². The summed E-state index contributed by atoms with van der Waals surface area (Å²) < 4.78 is 19.0. The molecular weight excluding hydrogens is 480 g/mol. The smallest absolute Gasteiger partial charge is 0.203 e. The molecular formula is C26H35ClN6O3. The molecule has 1 aromatic heterocycles. The van der Waals surface area contributed by atoms with Gasteiger partial charge in [-0.3, -0.25) is 4.90 Å². The third kappa shape index (κ3) is 5.08. The molecule has 1 saturated carbocycles. The van der Waals surface area contributed by atoms with Gasteiger partial charge in [-0.1, -0.05) is 31.0 Å². The van der Waals surface area contributed by atoms with E-state index in [9.17, 15) is 0 Å². The Hall–Kier alpha value is -3.04. The van der Waals surface area contributed by atoms with E-state index in [1.807, 2.05) is 12.1 Å². The van der Waals surface area contributed by atoms with Crippen LogP contribution in [0.5, 0.6) is 17.2 Å². The molecule has 5 rings (SSSR count). The summed E-state index contributed by atoms with van der Waals surface area (Å²) in [5.41, 5.74) is 2.29. The molecule has 2 heterocycles. The van der Waals surface area contributed by atoms with Gasteiger partial charge in [0.15, 0.2) is 17.3 Å². The topological polar surface area (TPSA) is 77.8 Å². The molecule has 0 radical (unpaired) electrons. The van der Waals surface area contributed by atoms with Gasteiger partial charge in [0, 0.05) is 31.9 Å². The van der Waals surface area contributed by atoms with Gasteiger partial charge in [-0.15, -0.1) is 17.5 Å². The second-order valence-electron chi connectivity index (χ2n) is 9.14. The molecule has 1 atom stereocenters. The van der Waals surface area contributed by atoms with E-state index in [4.69, 9.17) is 14.2 Å². The van der Waals surface area contributed by atoms with Crippen LogP contribution < -0.4 is 19.1 Å². The maximum absolute atomic E-state index is 5.69. The summed E-state index contributed by atoms with van der Waals surface area (Å²) in [4.78, 5) is 4.90. The van der Waals surface area contributed by atoms with Gasteiger partial charge in [0.1, 0.15) is 0 Å². The van der Waals surface area contributed by atoms with E-state index in [-0.39, 0.29) is 18.4 Å². The normalized spacial score (nSPS) is 17.5. The largest absolute Gasteiger partial charge is 0.493 e. The van der Waals surface area contributed by atoms with Crippen molar-refractivity contribution in [3.8, 4) is 17.2 Å². The van der Waals surface area contributed by atoms with E-state index in [1.165, 1.54) is 18.5 Å². The van der Waals surface area contributed by atoms with Crippen molar-refractivity contribution in [3.63, 3.8) is 0 Å². The molecule has 2 fully saturated rings. The second kappa shape index (κ2) is 11.8. The van der Waals surface area contributed by atoms with E-state index in [1.54, 1.807) is 21.3 Å². The predicted octanol–water partition coefficient (Wildman–Crippen LogP) is 4.15. The molecule has 2 aliphatic rings. The Bertz CT molecular complexity index is 1090. The van der Waals surface area contributed by atoms with Crippen molar-refractivity contribution in [3.05, 3.63) is 53.9 Å². The zero-order valence-corrected chi connectivity index (χ0v) is 22.0. The maximum Gasteiger partial charge on any atom is 0.203 e. The zero-order valence-electron chi connectivity index (χ0n) is 21.2. The number of benzene rings is 2. The summed E-state index contributed by atoms with van der Waals surface area (Å²) in [6.07, 6.45) is 4.66. The number of anilines is 1. The van der Waals surface area contributed by atoms with E-state index < -0.39 is 0 Å². The number of ether oxygens (including phenoxy) is 3. The lowest BCUT2D eigenvalue weighted by Gasteiger charge is -2.40. The van der Waals surface area contributed by atoms with Gasteiger partial charge in [-0.05, 0) is 53.1 Å². The number of para-hydroxylation sites is 1. The maximum atomic E-state index is 5.69. The van der Waals surface area contributed by atoms with Gasteiger partial charge in [0.2, 0.25) is 5.75 Å². The summed E-state index contributed by atoms with van der Waals surface area (Å²) in [6.45, 7) is 3.62. The Morgan fingerprint density at radius 2 is 1.50 bits per heavy atom. The lowest BCUT2D eigenvalue weighted by atomic mass is 10.0. The first-order valence-electron chi connectivity index (χ1n) is 12.3. The third-order valence-electron chi connectivity index (χ3n) is 7.24. The fourth-order valence-electron chi connectivity index (χ4n) is 5.45. The van der Waals surface area contributed by atoms with E-state index in [2.05, 4.69) is 60.3 Å². The number of rotatable bonds is 8. The average molecular weight is 515 g/mol. The van der Waals surface area contributed by atoms with Crippen molar-refractivity contribution in [2.45, 2.75) is 37.8 Å². The molecule has 1 aliphatic heterocycles. The van der Waals surface area contributed by atoms with Gasteiger partial charge in [-0.25, -0.2) is 4.68 Å². The first kappa shape index (κ1) is 26.0. The van der Waals surface area contributed by atoms with Crippen LogP contribution in [-0.4, -0.2) is 72.6 Å². The highest BCUT2D eigenvalue weighted by molar-refractivity contribution is 5.85. The van der Waals surface area contributed by atoms with Crippen LogP contribution in [0.4, 0.5) is 5.69 Å². The van der Waals surface area contributed by atoms with E-state index in [0.29, 0.717) is 23.3 Å². The Morgan fingerprint density at radius 1 is 0.861 bits per heavy atom. The Morgan fingerprint density at radius 3 is 2.08 bits per heavy atom. The number of piperazine rings is 1. The van der Waals surface area contributed by atoms with E-state index >= 15 is 0 Å². The monoisotopic (exact) mass is 514 g/mol. The van der Waals surface area contributed by atoms with Crippen LogP contribution in [0, 0.1) is 0 Å². The first-order chi connectivity index (χ1) is 17.2. The van der Waals surface area contributed by atoms with E-state index in [0.717, 1.165) is 50.4 Å². The molecule has 0 N–H and O–H groups in total. The number of methoxy groups -OCH3 is 3. The van der Waals surface area contributed by atoms with Crippen molar-refractivity contribution < 1.29 is 14.2 Å². The summed E-state index contributed by atoms with van der Waals surface area (Å²) in [6, 6.07) is 14.9. The molecule has 1 aliphatic carbocycles. The minimum Gasteiger partial charge on any atom is -0.493 e. The predicted molar refractivity (Wildman–Crippen MR) is 141 cm³/mol. The van der Waals surface area contributed by atoms with Gasteiger partial charge < -0.3 is 19.1 Å². The minimum absolute atomic E-state index is 0. The summed E-state index contributed by atoms with van der Waals surface area (Å²) in [5, 5.41) is 13.2. The highest BCUT2D eigenvalue weighted by Gasteiger charge is 2.34. The van der Waals surface area contributed by atoms with Crippen LogP contribution in [0.1, 0.15) is 49.2 Å². The number of tetrazole rings is 1. The van der Waals surface area contributed by atoms with Gasteiger partial charge in [-0.2, -0.15) is 0 Å². The number of nitrogens with zero attached hydrogens (tertiary/aromatic N) is 6. The molecule has 2 aromatic carbocycles. The van der Waals surface area contributed by atoms with Crippen molar-refractivity contribution in [2.75, 3.05) is 52.4 Å². The third-order valence-corrected chi connectivity index (χ3v) is 7.24. The minimum atomic E-state index is -0.128. The molecule has 3 aromatic rings. The molecule has 10 heteroatoms. The Labute approximate surface area is 218 Å². The van der Waals surface area contributed by atoms with Crippen molar-refractivity contribution in [1.29, 1.82) is 0 Å². The highest BCUT2D eigenvalue weighted by Crippen LogP contribution is 2.43. The number of hydrogen-bond acceptors (Lipinski definition) is 8. The lowest BCUT2D eigenvalue weighted by molar-refractivity contribution is 0.197. The van der Waals surface area contributed by atoms with Crippen molar-refractivity contribution in [1.82, 2.24) is 25.1 Å². The lowest BCUT2D eigenvalue weighted by Crippen LogP contribution is -2.48. The van der Waals surface area contributed by atoms with Gasteiger partial charge >= 0.3 is 0 Å². The second-order valence-corrected chi connectivity index (χ2v) is 9.14. The molecule has 1 saturated heterocycles. The van der Waals surface area contributed by atoms with Crippen LogP contribution in [0.15, 0.2) is 42.5 Å². The Kier molecular flexibility index (Phi) is 8.53. The Balaban J connectivity index is 0.00000304. The SMILES string of the molecule is COc1cc(C(c2nnnn2C2CCCC2)N2CCN(c3ccccc3)CC2)cc(OC)c1OC.Cl. The quantitative estimate of drug-likeness (QED) is 0.443. The number of hydrogen-bond donors (Lipinski definition) is 0. The van der Waals surface area contributed by atoms with Crippen molar-refractivity contribution >= 4 is 18.1 Å². The van der Waals surface area contributed by atoms with Crippen LogP contribution in [-0.2, 0) is 0 Å². The molecule has 194 valence electrons. The number of aromatic nitrogens is 4. The molecule has 1 unspecified atom stereocenters. The van der Waals surface area contributed by atoms with Crippen LogP contribution in [0.2, 0.25) is 0 Å². The summed E-state index contributed by atoms with van der Waals surface area (Å²) in [7, 11) is 4.93. The fraction of sp³-hybridized carbons (Fsp3) is 0.500. The molecule has 0 amide bonds. The fourth-order valence-corrected chi connectivity index (χ4v) is 5.45. The summed E-state index contributed by atoms with van der Waals surface area (Å²) in [5.74, 6) is 2.73.